The molecule has 1 aromatic carbocycles. The lowest BCUT2D eigenvalue weighted by Crippen LogP contribution is -2.29. The zero-order valence-electron chi connectivity index (χ0n) is 15.0. The van der Waals surface area contributed by atoms with Gasteiger partial charge in [-0.25, -0.2) is 0 Å². The topological polar surface area (TPSA) is 69.7 Å². The second-order valence-corrected chi connectivity index (χ2v) is 7.66. The summed E-state index contributed by atoms with van der Waals surface area (Å²) < 4.78 is 9.51. The molecular formula is C20H20Cl2O5. The van der Waals surface area contributed by atoms with Crippen LogP contribution < -0.4 is 0 Å². The minimum Gasteiger partial charge on any atom is -0.468 e. The normalized spacial score (nSPS) is 23.6. The maximum atomic E-state index is 12.4. The smallest absolute Gasteiger partial charge is 0.320 e. The molecule has 3 atom stereocenters. The van der Waals surface area contributed by atoms with Crippen molar-refractivity contribution in [3.8, 4) is 0 Å². The lowest BCUT2D eigenvalue weighted by atomic mass is 9.83. The molecule has 3 rings (SSSR count). The van der Waals surface area contributed by atoms with Crippen molar-refractivity contribution < 1.29 is 23.9 Å². The maximum Gasteiger partial charge on any atom is 0.320 e. The van der Waals surface area contributed by atoms with Crippen LogP contribution in [0.3, 0.4) is 0 Å². The average molecular weight is 411 g/mol. The van der Waals surface area contributed by atoms with Gasteiger partial charge in [0.2, 0.25) is 0 Å². The number of esters is 2. The van der Waals surface area contributed by atoms with E-state index in [0.717, 1.165) is 17.5 Å². The van der Waals surface area contributed by atoms with Crippen molar-refractivity contribution in [2.45, 2.75) is 30.6 Å². The van der Waals surface area contributed by atoms with Crippen molar-refractivity contribution in [3.63, 3.8) is 0 Å². The van der Waals surface area contributed by atoms with Crippen molar-refractivity contribution in [1.29, 1.82) is 0 Å². The van der Waals surface area contributed by atoms with E-state index >= 15 is 0 Å². The number of ether oxygens (including phenoxy) is 2. The molecule has 0 saturated carbocycles. The van der Waals surface area contributed by atoms with Gasteiger partial charge < -0.3 is 9.47 Å². The Morgan fingerprint density at radius 3 is 2.48 bits per heavy atom. The van der Waals surface area contributed by atoms with Gasteiger partial charge in [-0.15, -0.1) is 11.6 Å². The number of alkyl halides is 1. The highest BCUT2D eigenvalue weighted by Crippen LogP contribution is 2.48. The van der Waals surface area contributed by atoms with Gasteiger partial charge in [-0.05, 0) is 48.1 Å². The quantitative estimate of drug-likeness (QED) is 0.429. The second-order valence-electron chi connectivity index (χ2n) is 6.79. The van der Waals surface area contributed by atoms with E-state index in [-0.39, 0.29) is 24.0 Å². The molecule has 0 aromatic heterocycles. The number of fused-ring (bicyclic) bond motifs is 5. The van der Waals surface area contributed by atoms with E-state index in [1.54, 1.807) is 12.1 Å². The zero-order chi connectivity index (χ0) is 19.7. The highest BCUT2D eigenvalue weighted by molar-refractivity contribution is 6.32. The molecule has 0 fully saturated rings. The van der Waals surface area contributed by atoms with Crippen LogP contribution in [0.25, 0.3) is 0 Å². The van der Waals surface area contributed by atoms with Gasteiger partial charge in [0.05, 0.1) is 19.6 Å². The van der Waals surface area contributed by atoms with Gasteiger partial charge in [0.15, 0.2) is 11.7 Å². The van der Waals surface area contributed by atoms with Crippen molar-refractivity contribution in [2.24, 2.45) is 11.8 Å². The van der Waals surface area contributed by atoms with Crippen LogP contribution in [-0.4, -0.2) is 31.9 Å². The Morgan fingerprint density at radius 2 is 1.85 bits per heavy atom. The number of halogens is 2. The Hall–Kier alpha value is -1.85. The van der Waals surface area contributed by atoms with Gasteiger partial charge in [0, 0.05) is 16.9 Å². The summed E-state index contributed by atoms with van der Waals surface area (Å²) in [6, 6.07) is 3.66. The van der Waals surface area contributed by atoms with Crippen LogP contribution in [0.4, 0.5) is 0 Å². The Labute approximate surface area is 167 Å². The number of benzene rings is 1. The number of methoxy groups -OCH3 is 2. The molecule has 2 bridgehead atoms. The fraction of sp³-hybridized carbons (Fsp3) is 0.450. The molecule has 0 spiro atoms. The van der Waals surface area contributed by atoms with E-state index < -0.39 is 23.2 Å². The summed E-state index contributed by atoms with van der Waals surface area (Å²) in [5.41, 5.74) is 2.32. The molecule has 0 aliphatic heterocycles. The fourth-order valence-corrected chi connectivity index (χ4v) is 4.70. The highest BCUT2D eigenvalue weighted by Gasteiger charge is 2.39. The molecule has 7 heteroatoms. The van der Waals surface area contributed by atoms with Gasteiger partial charge in [0.1, 0.15) is 0 Å². The average Bonchev–Trinajstić information content (AvgIpc) is 2.94. The Bertz CT molecular complexity index is 801. The first-order valence-electron chi connectivity index (χ1n) is 8.72. The number of hydrogen-bond acceptors (Lipinski definition) is 5. The fourth-order valence-electron chi connectivity index (χ4n) is 3.95. The van der Waals surface area contributed by atoms with Crippen molar-refractivity contribution in [3.05, 3.63) is 46.0 Å². The molecule has 2 aliphatic rings. The van der Waals surface area contributed by atoms with Crippen LogP contribution in [0.5, 0.6) is 0 Å². The van der Waals surface area contributed by atoms with Crippen LogP contribution >= 0.6 is 23.2 Å². The summed E-state index contributed by atoms with van der Waals surface area (Å²) in [7, 11) is 2.42. The van der Waals surface area contributed by atoms with E-state index in [2.05, 4.69) is 0 Å². The predicted molar refractivity (Wildman–Crippen MR) is 101 cm³/mol. The van der Waals surface area contributed by atoms with Gasteiger partial charge in [0.25, 0.3) is 0 Å². The predicted octanol–water partition coefficient (Wildman–Crippen LogP) is 3.76. The first-order chi connectivity index (χ1) is 12.9. The summed E-state index contributed by atoms with van der Waals surface area (Å²) in [6.07, 6.45) is 5.00. The lowest BCUT2D eigenvalue weighted by Gasteiger charge is -2.26. The summed E-state index contributed by atoms with van der Waals surface area (Å²) >= 11 is 13.2. The number of allylic oxidation sites excluding steroid dienone is 2. The molecular weight excluding hydrogens is 391 g/mol. The Balaban J connectivity index is 2.13. The molecule has 0 N–H and O–H groups in total. The minimum absolute atomic E-state index is 0.00190. The molecule has 0 amide bonds. The van der Waals surface area contributed by atoms with E-state index in [0.29, 0.717) is 17.0 Å². The Morgan fingerprint density at radius 1 is 1.19 bits per heavy atom. The first kappa shape index (κ1) is 19.9. The van der Waals surface area contributed by atoms with Gasteiger partial charge in [-0.1, -0.05) is 23.7 Å². The van der Waals surface area contributed by atoms with E-state index in [4.69, 9.17) is 32.7 Å². The number of rotatable bonds is 4. The van der Waals surface area contributed by atoms with Gasteiger partial charge in [-0.2, -0.15) is 0 Å². The highest BCUT2D eigenvalue weighted by atomic mass is 35.5. The first-order valence-corrected chi connectivity index (χ1v) is 9.53. The van der Waals surface area contributed by atoms with Crippen molar-refractivity contribution in [2.75, 3.05) is 14.2 Å². The summed E-state index contributed by atoms with van der Waals surface area (Å²) in [5.74, 6) is -2.88. The molecule has 144 valence electrons. The van der Waals surface area contributed by atoms with Crippen LogP contribution in [0.1, 0.15) is 40.8 Å². The van der Waals surface area contributed by atoms with E-state index in [1.807, 2.05) is 12.1 Å². The summed E-state index contributed by atoms with van der Waals surface area (Å²) in [5, 5.41) is -0.180. The molecule has 27 heavy (non-hydrogen) atoms. The number of carbonyl (C=O) groups excluding carboxylic acids is 3. The number of hydrogen-bond donors (Lipinski definition) is 0. The lowest BCUT2D eigenvalue weighted by molar-refractivity contribution is -0.158. The second kappa shape index (κ2) is 8.03. The van der Waals surface area contributed by atoms with Crippen LogP contribution in [0, 0.1) is 11.8 Å². The van der Waals surface area contributed by atoms with Crippen LogP contribution in [0.2, 0.25) is 5.02 Å². The number of carbonyl (C=O) groups is 3. The van der Waals surface area contributed by atoms with Gasteiger partial charge in [-0.3, -0.25) is 14.4 Å². The number of ketones is 1. The monoisotopic (exact) mass is 410 g/mol. The summed E-state index contributed by atoms with van der Waals surface area (Å²) in [6.45, 7) is 0. The SMILES string of the molecule is COC(=O)C(Cc1c(Cl)ccc2c1[C@H](Cl)[C@@H]1CC[C@H]2C=CC1=O)C(=O)OC. The molecule has 5 nitrogen and oxygen atoms in total. The molecule has 2 aliphatic carbocycles. The molecule has 0 saturated heterocycles. The third kappa shape index (κ3) is 3.63. The molecule has 0 heterocycles. The summed E-state index contributed by atoms with van der Waals surface area (Å²) in [4.78, 5) is 36.7. The van der Waals surface area contributed by atoms with Crippen LogP contribution in [0.15, 0.2) is 24.3 Å². The third-order valence-electron chi connectivity index (χ3n) is 5.39. The molecule has 0 unspecified atom stereocenters. The molecule has 1 aromatic rings. The van der Waals surface area contributed by atoms with Crippen LogP contribution in [-0.2, 0) is 30.3 Å². The largest absolute Gasteiger partial charge is 0.468 e. The van der Waals surface area contributed by atoms with Crippen molar-refractivity contribution in [1.82, 2.24) is 0 Å². The standard InChI is InChI=1S/C20H20Cl2O5/c1-26-19(24)14(20(25)27-2)9-13-15(21)7-6-11-10-3-5-12(16(23)8-4-10)18(22)17(11)13/h4,6-8,10,12,14,18H,3,5,9H2,1-2H3/t10-,12+,18+/m0/s1. The molecule has 0 radical (unpaired) electrons. The van der Waals surface area contributed by atoms with Gasteiger partial charge >= 0.3 is 11.9 Å². The Kier molecular flexibility index (Phi) is 5.92. The zero-order valence-corrected chi connectivity index (χ0v) is 16.5. The van der Waals surface area contributed by atoms with E-state index in [1.165, 1.54) is 14.2 Å². The van der Waals surface area contributed by atoms with E-state index in [9.17, 15) is 14.4 Å². The third-order valence-corrected chi connectivity index (χ3v) is 6.27. The minimum atomic E-state index is -1.15. The maximum absolute atomic E-state index is 12.4. The van der Waals surface area contributed by atoms with Crippen molar-refractivity contribution >= 4 is 40.9 Å².